The number of benzene rings is 2. The lowest BCUT2D eigenvalue weighted by atomic mass is 9.88. The number of halogens is 2. The van der Waals surface area contributed by atoms with Crippen LogP contribution in [0.25, 0.3) is 27.9 Å². The molecular formula is C31H29BrFN5O5S. The molecule has 2 N–H and O–H groups in total. The van der Waals surface area contributed by atoms with Crippen LogP contribution in [-0.4, -0.2) is 60.4 Å². The molecule has 5 aromatic rings. The van der Waals surface area contributed by atoms with Gasteiger partial charge >= 0.3 is 0 Å². The highest BCUT2D eigenvalue weighted by atomic mass is 79.9. The summed E-state index contributed by atoms with van der Waals surface area (Å²) < 4.78 is 50.6. The fourth-order valence-electron chi connectivity index (χ4n) is 5.64. The number of hydrogen-bond donors (Lipinski definition) is 2. The van der Waals surface area contributed by atoms with Crippen LogP contribution in [0.1, 0.15) is 52.1 Å². The maximum Gasteiger partial charge on any atom is 0.274 e. The summed E-state index contributed by atoms with van der Waals surface area (Å²) in [5, 5.41) is 3.13. The van der Waals surface area contributed by atoms with Crippen LogP contribution in [0.4, 0.5) is 10.1 Å². The Kier molecular flexibility index (Phi) is 7.93. The number of nitrogens with zero attached hydrogens (tertiary/aromatic N) is 3. The van der Waals surface area contributed by atoms with Crippen molar-refractivity contribution in [3.63, 3.8) is 0 Å². The van der Waals surface area contributed by atoms with E-state index in [0.717, 1.165) is 4.60 Å². The first-order valence-corrected chi connectivity index (χ1v) is 16.5. The van der Waals surface area contributed by atoms with Gasteiger partial charge in [0.25, 0.3) is 11.8 Å². The number of carbonyl (C=O) groups is 2. The normalized spacial score (nSPS) is 15.5. The van der Waals surface area contributed by atoms with E-state index in [1.165, 1.54) is 38.2 Å². The molecule has 1 atom stereocenters. The highest BCUT2D eigenvalue weighted by Crippen LogP contribution is 2.41. The second-order valence-corrected chi connectivity index (χ2v) is 13.4. The zero-order valence-electron chi connectivity index (χ0n) is 23.9. The molecule has 1 saturated heterocycles. The third-order valence-electron chi connectivity index (χ3n) is 7.88. The fraction of sp³-hybridized carbons (Fsp3) is 0.258. The Morgan fingerprint density at radius 3 is 2.64 bits per heavy atom. The number of likely N-dealkylation sites (tertiary alicyclic amines) is 1. The molecule has 0 unspecified atom stereocenters. The van der Waals surface area contributed by atoms with Crippen molar-refractivity contribution >= 4 is 60.1 Å². The summed E-state index contributed by atoms with van der Waals surface area (Å²) in [5.74, 6) is -1.23. The number of fused-ring (bicyclic) bond motifs is 2. The van der Waals surface area contributed by atoms with Gasteiger partial charge in [-0.05, 0) is 83.7 Å². The van der Waals surface area contributed by atoms with E-state index >= 15 is 0 Å². The average Bonchev–Trinajstić information content (AvgIpc) is 3.63. The Balaban J connectivity index is 1.44. The Bertz CT molecular complexity index is 2020. The van der Waals surface area contributed by atoms with Crippen molar-refractivity contribution < 1.29 is 26.8 Å². The van der Waals surface area contributed by atoms with E-state index in [1.807, 2.05) is 18.2 Å². The van der Waals surface area contributed by atoms with E-state index in [2.05, 4.69) is 31.0 Å². The van der Waals surface area contributed by atoms with Crippen molar-refractivity contribution in [2.75, 3.05) is 30.6 Å². The van der Waals surface area contributed by atoms with E-state index < -0.39 is 21.7 Å². The maximum absolute atomic E-state index is 13.7. The van der Waals surface area contributed by atoms with Gasteiger partial charge in [-0.25, -0.2) is 17.8 Å². The quantitative estimate of drug-likeness (QED) is 0.210. The maximum atomic E-state index is 13.7. The third-order valence-corrected chi connectivity index (χ3v) is 9.81. The van der Waals surface area contributed by atoms with Crippen molar-refractivity contribution in [2.45, 2.75) is 25.7 Å². The van der Waals surface area contributed by atoms with Crippen LogP contribution in [0.2, 0.25) is 0 Å². The Hall–Kier alpha value is -4.23. The number of anilines is 1. The minimum absolute atomic E-state index is 0.147. The van der Waals surface area contributed by atoms with Crippen molar-refractivity contribution in [3.8, 4) is 11.3 Å². The summed E-state index contributed by atoms with van der Waals surface area (Å²) >= 11 is 3.48. The van der Waals surface area contributed by atoms with Gasteiger partial charge in [0, 0.05) is 49.3 Å². The Morgan fingerprint density at radius 2 is 1.93 bits per heavy atom. The van der Waals surface area contributed by atoms with E-state index in [4.69, 9.17) is 4.42 Å². The predicted molar refractivity (Wildman–Crippen MR) is 169 cm³/mol. The van der Waals surface area contributed by atoms with Crippen LogP contribution in [0.3, 0.4) is 0 Å². The van der Waals surface area contributed by atoms with Gasteiger partial charge in [0.15, 0.2) is 0 Å². The smallest absolute Gasteiger partial charge is 0.274 e. The lowest BCUT2D eigenvalue weighted by molar-refractivity contribution is 0.0702. The largest absolute Gasteiger partial charge is 0.455 e. The number of aromatic nitrogens is 2. The monoisotopic (exact) mass is 681 g/mol. The average molecular weight is 683 g/mol. The summed E-state index contributed by atoms with van der Waals surface area (Å²) in [5.41, 5.74) is 2.93. The first kappa shape index (κ1) is 29.8. The van der Waals surface area contributed by atoms with Crippen LogP contribution < -0.4 is 10.0 Å². The van der Waals surface area contributed by atoms with Crippen molar-refractivity contribution in [3.05, 3.63) is 88.0 Å². The van der Waals surface area contributed by atoms with E-state index in [0.29, 0.717) is 65.1 Å². The Morgan fingerprint density at radius 1 is 1.16 bits per heavy atom. The molecule has 13 heteroatoms. The zero-order chi connectivity index (χ0) is 31.2. The van der Waals surface area contributed by atoms with Gasteiger partial charge < -0.3 is 14.6 Å². The first-order valence-electron chi connectivity index (χ1n) is 14.1. The molecule has 6 rings (SSSR count). The second kappa shape index (κ2) is 11.7. The molecule has 1 fully saturated rings. The summed E-state index contributed by atoms with van der Waals surface area (Å²) in [7, 11) is -2.18. The standard InChI is InChI=1S/C31H29BrFN5O5S/c1-3-44(41,42)36-23-15-25-22(28(30(39)34-2)29(43-25)18-9-11-20(33)12-10-18)14-21(23)19-6-5-13-37(16-19)31(40)24-17-38-26(32)7-4-8-27(38)35-24/h4,7-12,14-15,17,19,36H,3,5-6,13,16H2,1-2H3,(H,34,39)/t19-/m0/s1. The molecule has 228 valence electrons. The van der Waals surface area contributed by atoms with Crippen molar-refractivity contribution in [2.24, 2.45) is 0 Å². The van der Waals surface area contributed by atoms with Gasteiger partial charge in [-0.15, -0.1) is 0 Å². The number of furan rings is 1. The summed E-state index contributed by atoms with van der Waals surface area (Å²) in [6.45, 7) is 2.38. The van der Waals surface area contributed by atoms with Crippen LogP contribution in [0, 0.1) is 5.82 Å². The number of sulfonamides is 1. The molecule has 2 aromatic carbocycles. The first-order chi connectivity index (χ1) is 21.1. The summed E-state index contributed by atoms with van der Waals surface area (Å²) in [6.07, 6.45) is 3.06. The molecule has 0 bridgehead atoms. The number of rotatable bonds is 7. The lowest BCUT2D eigenvalue weighted by Gasteiger charge is -2.33. The third kappa shape index (κ3) is 5.57. The van der Waals surface area contributed by atoms with E-state index in [-0.39, 0.29) is 28.9 Å². The molecule has 44 heavy (non-hydrogen) atoms. The number of imidazole rings is 1. The molecule has 3 aromatic heterocycles. The van der Waals surface area contributed by atoms with Gasteiger partial charge in [-0.3, -0.25) is 18.7 Å². The zero-order valence-corrected chi connectivity index (χ0v) is 26.3. The topological polar surface area (TPSA) is 126 Å². The van der Waals surface area contributed by atoms with Crippen LogP contribution in [-0.2, 0) is 10.0 Å². The van der Waals surface area contributed by atoms with Crippen molar-refractivity contribution in [1.29, 1.82) is 0 Å². The summed E-state index contributed by atoms with van der Waals surface area (Å²) in [4.78, 5) is 33.0. The number of piperidine rings is 1. The molecule has 0 radical (unpaired) electrons. The number of carbonyl (C=O) groups excluding carboxylic acids is 2. The van der Waals surface area contributed by atoms with Gasteiger partial charge in [0.1, 0.15) is 28.5 Å². The van der Waals surface area contributed by atoms with Gasteiger partial charge in [-0.1, -0.05) is 6.07 Å². The molecule has 4 heterocycles. The van der Waals surface area contributed by atoms with E-state index in [1.54, 1.807) is 27.6 Å². The van der Waals surface area contributed by atoms with Gasteiger partial charge in [-0.2, -0.15) is 0 Å². The van der Waals surface area contributed by atoms with Crippen LogP contribution in [0.15, 0.2) is 69.8 Å². The fourth-order valence-corrected chi connectivity index (χ4v) is 6.73. The lowest BCUT2D eigenvalue weighted by Crippen LogP contribution is -2.39. The molecule has 0 saturated carbocycles. The summed E-state index contributed by atoms with van der Waals surface area (Å²) in [6, 6.07) is 14.5. The molecule has 10 nitrogen and oxygen atoms in total. The predicted octanol–water partition coefficient (Wildman–Crippen LogP) is 5.79. The number of nitrogens with one attached hydrogen (secondary N) is 2. The molecule has 1 aliphatic heterocycles. The second-order valence-electron chi connectivity index (χ2n) is 10.6. The Labute approximate surface area is 261 Å². The molecule has 0 spiro atoms. The highest BCUT2D eigenvalue weighted by Gasteiger charge is 2.31. The number of amides is 2. The molecule has 0 aliphatic carbocycles. The van der Waals surface area contributed by atoms with Gasteiger partial charge in [0.05, 0.1) is 21.6 Å². The van der Waals surface area contributed by atoms with E-state index in [9.17, 15) is 22.4 Å². The molecular weight excluding hydrogens is 653 g/mol. The minimum Gasteiger partial charge on any atom is -0.455 e. The van der Waals surface area contributed by atoms with Gasteiger partial charge in [0.2, 0.25) is 10.0 Å². The van der Waals surface area contributed by atoms with Crippen molar-refractivity contribution in [1.82, 2.24) is 19.6 Å². The SMILES string of the molecule is CCS(=O)(=O)Nc1cc2oc(-c3ccc(F)cc3)c(C(=O)NC)c2cc1[C@H]1CCCN(C(=O)c2cn3c(Br)cccc3n2)C1. The molecule has 1 aliphatic rings. The number of pyridine rings is 1. The molecule has 2 amide bonds. The number of hydrogen-bond acceptors (Lipinski definition) is 6. The van der Waals surface area contributed by atoms with Crippen LogP contribution >= 0.6 is 15.9 Å². The minimum atomic E-state index is -3.69. The van der Waals surface area contributed by atoms with Crippen LogP contribution in [0.5, 0.6) is 0 Å². The highest BCUT2D eigenvalue weighted by molar-refractivity contribution is 9.10.